The van der Waals surface area contributed by atoms with Crippen LogP contribution >= 0.6 is 0 Å². The Morgan fingerprint density at radius 2 is 2.00 bits per heavy atom. The average Bonchev–Trinajstić information content (AvgIpc) is 2.43. The van der Waals surface area contributed by atoms with Gasteiger partial charge in [-0.3, -0.25) is 4.79 Å². The molecule has 1 unspecified atom stereocenters. The Balaban J connectivity index is 3.56. The van der Waals surface area contributed by atoms with E-state index in [0.717, 1.165) is 12.8 Å². The maximum absolute atomic E-state index is 11.1. The summed E-state index contributed by atoms with van der Waals surface area (Å²) < 4.78 is 4.81. The van der Waals surface area contributed by atoms with Crippen molar-refractivity contribution in [1.29, 1.82) is 0 Å². The third-order valence-corrected chi connectivity index (χ3v) is 2.88. The number of carboxylic acids is 1. The molecule has 0 heterocycles. The van der Waals surface area contributed by atoms with E-state index in [-0.39, 0.29) is 6.61 Å². The van der Waals surface area contributed by atoms with Crippen molar-refractivity contribution in [2.45, 2.75) is 38.3 Å². The molecule has 4 N–H and O–H groups in total. The highest BCUT2D eigenvalue weighted by molar-refractivity contribution is 5.86. The number of hydrogen-bond acceptors (Lipinski definition) is 6. The molecule has 0 aromatic rings. The first-order valence-corrected chi connectivity index (χ1v) is 7.00. The molecule has 0 aliphatic heterocycles. The van der Waals surface area contributed by atoms with E-state index in [9.17, 15) is 14.7 Å². The van der Waals surface area contributed by atoms with Crippen molar-refractivity contribution in [1.82, 2.24) is 10.6 Å². The maximum Gasteiger partial charge on any atom is 0.333 e. The quantitative estimate of drug-likeness (QED) is 0.226. The minimum atomic E-state index is -0.847. The standard InChI is InChI=1S/C14H26N2O5/c1-10(2)14(20)21-9-11(17)8-16-7-5-4-6-12(15-3)13(18)19/h11-12,15-17H,1,4-9H2,2-3H3,(H,18,19)/t11?,12-/m0/s1. The summed E-state index contributed by atoms with van der Waals surface area (Å²) in [4.78, 5) is 21.9. The van der Waals surface area contributed by atoms with Gasteiger partial charge >= 0.3 is 11.9 Å². The number of unbranched alkanes of at least 4 members (excludes halogenated alkanes) is 1. The van der Waals surface area contributed by atoms with Gasteiger partial charge in [-0.25, -0.2) is 4.79 Å². The topological polar surface area (TPSA) is 108 Å². The number of carbonyl (C=O) groups excluding carboxylic acids is 1. The first-order chi connectivity index (χ1) is 9.88. The van der Waals surface area contributed by atoms with Gasteiger partial charge in [0.1, 0.15) is 18.8 Å². The summed E-state index contributed by atoms with van der Waals surface area (Å²) in [6.07, 6.45) is 1.37. The number of aliphatic carboxylic acids is 1. The van der Waals surface area contributed by atoms with Crippen LogP contribution in [0.3, 0.4) is 0 Å². The number of ether oxygens (including phenoxy) is 1. The molecule has 0 saturated heterocycles. The van der Waals surface area contributed by atoms with E-state index in [1.165, 1.54) is 0 Å². The van der Waals surface area contributed by atoms with Crippen LogP contribution in [0.4, 0.5) is 0 Å². The Hall–Kier alpha value is -1.44. The van der Waals surface area contributed by atoms with Crippen LogP contribution in [0.15, 0.2) is 12.2 Å². The van der Waals surface area contributed by atoms with Gasteiger partial charge in [-0.2, -0.15) is 0 Å². The van der Waals surface area contributed by atoms with Crippen molar-refractivity contribution in [3.8, 4) is 0 Å². The van der Waals surface area contributed by atoms with Crippen molar-refractivity contribution in [2.24, 2.45) is 0 Å². The van der Waals surface area contributed by atoms with E-state index in [4.69, 9.17) is 9.84 Å². The second kappa shape index (κ2) is 11.2. The fourth-order valence-corrected chi connectivity index (χ4v) is 1.61. The number of hydrogen-bond donors (Lipinski definition) is 4. The number of nitrogens with one attached hydrogen (secondary N) is 2. The van der Waals surface area contributed by atoms with Crippen molar-refractivity contribution in [2.75, 3.05) is 26.7 Å². The van der Waals surface area contributed by atoms with E-state index in [1.807, 2.05) is 0 Å². The number of rotatable bonds is 12. The summed E-state index contributed by atoms with van der Waals surface area (Å²) in [5.74, 6) is -1.36. The molecule has 0 rings (SSSR count). The SMILES string of the molecule is C=C(C)C(=O)OCC(O)CNCCCC[C@H](NC)C(=O)O. The molecule has 2 atom stereocenters. The molecule has 0 aliphatic carbocycles. The molecule has 0 radical (unpaired) electrons. The molecule has 0 saturated carbocycles. The van der Waals surface area contributed by atoms with Gasteiger partial charge in [0.05, 0.1) is 0 Å². The highest BCUT2D eigenvalue weighted by Gasteiger charge is 2.13. The predicted octanol–water partition coefficient (Wildman–Crippen LogP) is -0.101. The van der Waals surface area contributed by atoms with Crippen LogP contribution in [-0.4, -0.2) is 61.0 Å². The summed E-state index contributed by atoms with van der Waals surface area (Å²) in [5.41, 5.74) is 0.299. The molecule has 0 fully saturated rings. The van der Waals surface area contributed by atoms with Gasteiger partial charge in [0, 0.05) is 12.1 Å². The van der Waals surface area contributed by atoms with E-state index in [2.05, 4.69) is 17.2 Å². The Morgan fingerprint density at radius 1 is 1.33 bits per heavy atom. The average molecular weight is 302 g/mol. The number of esters is 1. The van der Waals surface area contributed by atoms with Crippen molar-refractivity contribution in [3.63, 3.8) is 0 Å². The summed E-state index contributed by atoms with van der Waals surface area (Å²) in [6, 6.07) is -0.517. The number of aliphatic hydroxyl groups is 1. The van der Waals surface area contributed by atoms with Crippen LogP contribution in [0, 0.1) is 0 Å². The maximum atomic E-state index is 11.1. The minimum Gasteiger partial charge on any atom is -0.480 e. The number of likely N-dealkylation sites (N-methyl/N-ethyl adjacent to an activating group) is 1. The summed E-state index contributed by atoms with van der Waals surface area (Å²) in [7, 11) is 1.62. The third-order valence-electron chi connectivity index (χ3n) is 2.88. The fraction of sp³-hybridized carbons (Fsp3) is 0.714. The first-order valence-electron chi connectivity index (χ1n) is 7.00. The zero-order valence-corrected chi connectivity index (χ0v) is 12.7. The van der Waals surface area contributed by atoms with E-state index < -0.39 is 24.1 Å². The highest BCUT2D eigenvalue weighted by atomic mass is 16.5. The molecule has 21 heavy (non-hydrogen) atoms. The van der Waals surface area contributed by atoms with Crippen LogP contribution in [0.2, 0.25) is 0 Å². The van der Waals surface area contributed by atoms with Gasteiger partial charge in [0.25, 0.3) is 0 Å². The molecule has 0 amide bonds. The summed E-state index contributed by atoms with van der Waals surface area (Å²) in [6.45, 7) is 5.90. The Bertz CT molecular complexity index is 346. The first kappa shape index (κ1) is 19.6. The van der Waals surface area contributed by atoms with Crippen molar-refractivity contribution < 1.29 is 24.5 Å². The molecule has 0 bridgehead atoms. The zero-order chi connectivity index (χ0) is 16.3. The van der Waals surface area contributed by atoms with E-state index >= 15 is 0 Å². The molecule has 122 valence electrons. The van der Waals surface area contributed by atoms with Gasteiger partial charge in [0.15, 0.2) is 0 Å². The Labute approximate surface area is 125 Å². The number of carboxylic acid groups (broad SMARTS) is 1. The number of aliphatic hydroxyl groups excluding tert-OH is 1. The summed E-state index contributed by atoms with van der Waals surface area (Å²) >= 11 is 0. The van der Waals surface area contributed by atoms with Gasteiger partial charge < -0.3 is 25.6 Å². The van der Waals surface area contributed by atoms with Gasteiger partial charge in [0.2, 0.25) is 0 Å². The van der Waals surface area contributed by atoms with Gasteiger partial charge in [-0.05, 0) is 33.4 Å². The monoisotopic (exact) mass is 302 g/mol. The third kappa shape index (κ3) is 10.0. The predicted molar refractivity (Wildman–Crippen MR) is 79.0 cm³/mol. The summed E-state index contributed by atoms with van der Waals surface area (Å²) in [5, 5.41) is 24.2. The second-order valence-electron chi connectivity index (χ2n) is 4.91. The Morgan fingerprint density at radius 3 is 2.52 bits per heavy atom. The smallest absolute Gasteiger partial charge is 0.333 e. The number of carbonyl (C=O) groups is 2. The lowest BCUT2D eigenvalue weighted by Crippen LogP contribution is -2.34. The molecule has 7 heteroatoms. The minimum absolute atomic E-state index is 0.0699. The lowest BCUT2D eigenvalue weighted by atomic mass is 10.1. The Kier molecular flexibility index (Phi) is 10.5. The molecular weight excluding hydrogens is 276 g/mol. The molecule has 0 aromatic heterocycles. The van der Waals surface area contributed by atoms with Crippen LogP contribution in [0.5, 0.6) is 0 Å². The fourth-order valence-electron chi connectivity index (χ4n) is 1.61. The van der Waals surface area contributed by atoms with Crippen molar-refractivity contribution in [3.05, 3.63) is 12.2 Å². The lowest BCUT2D eigenvalue weighted by molar-refractivity contribution is -0.142. The van der Waals surface area contributed by atoms with E-state index in [0.29, 0.717) is 25.1 Å². The molecule has 0 aromatic carbocycles. The van der Waals surface area contributed by atoms with Gasteiger partial charge in [-0.15, -0.1) is 0 Å². The zero-order valence-electron chi connectivity index (χ0n) is 12.7. The van der Waals surface area contributed by atoms with Crippen LogP contribution in [-0.2, 0) is 14.3 Å². The largest absolute Gasteiger partial charge is 0.480 e. The van der Waals surface area contributed by atoms with E-state index in [1.54, 1.807) is 14.0 Å². The molecule has 0 aliphatic rings. The molecule has 7 nitrogen and oxygen atoms in total. The van der Waals surface area contributed by atoms with Crippen LogP contribution < -0.4 is 10.6 Å². The molecule has 0 spiro atoms. The lowest BCUT2D eigenvalue weighted by Gasteiger charge is -2.13. The van der Waals surface area contributed by atoms with Crippen molar-refractivity contribution >= 4 is 11.9 Å². The molecular formula is C14H26N2O5. The van der Waals surface area contributed by atoms with Crippen LogP contribution in [0.25, 0.3) is 0 Å². The normalized spacial score (nSPS) is 13.5. The van der Waals surface area contributed by atoms with Gasteiger partial charge in [-0.1, -0.05) is 13.0 Å². The highest BCUT2D eigenvalue weighted by Crippen LogP contribution is 2.00. The second-order valence-corrected chi connectivity index (χ2v) is 4.91. The van der Waals surface area contributed by atoms with Crippen LogP contribution in [0.1, 0.15) is 26.2 Å².